The lowest BCUT2D eigenvalue weighted by molar-refractivity contribution is 0.0827. The Hall–Kier alpha value is -1.63. The minimum atomic E-state index is 0.108. The van der Waals surface area contributed by atoms with Crippen molar-refractivity contribution in [1.29, 1.82) is 0 Å². The molecule has 3 fully saturated rings. The zero-order chi connectivity index (χ0) is 17.1. The van der Waals surface area contributed by atoms with Crippen LogP contribution in [0, 0.1) is 11.8 Å². The van der Waals surface area contributed by atoms with Gasteiger partial charge in [-0.15, -0.1) is 10.2 Å². The predicted molar refractivity (Wildman–Crippen MR) is 95.0 cm³/mol. The van der Waals surface area contributed by atoms with E-state index in [1.807, 2.05) is 9.47 Å². The first-order valence-corrected chi connectivity index (χ1v) is 9.89. The molecule has 0 radical (unpaired) electrons. The Labute approximate surface area is 149 Å². The number of amides is 2. The summed E-state index contributed by atoms with van der Waals surface area (Å²) in [6.45, 7) is 5.50. The monoisotopic (exact) mass is 346 g/mol. The Balaban J connectivity index is 1.11. The third-order valence-corrected chi connectivity index (χ3v) is 6.36. The van der Waals surface area contributed by atoms with Crippen LogP contribution >= 0.6 is 0 Å². The molecule has 3 atom stereocenters. The molecule has 2 heterocycles. The first kappa shape index (κ1) is 16.8. The van der Waals surface area contributed by atoms with Gasteiger partial charge in [-0.05, 0) is 43.9 Å². The highest BCUT2D eigenvalue weighted by Gasteiger charge is 2.42. The number of unbranched alkanes of at least 4 members (excludes halogenated alkanes) is 1. The average molecular weight is 346 g/mol. The molecular weight excluding hydrogens is 316 g/mol. The number of hydrogen-bond acceptors (Lipinski definition) is 4. The SMILES string of the molecule is O=C(NCCCCn1cnnc1)N1CCN([C@H]2C[C@H]3CC[C@H]2C3)CC1. The highest BCUT2D eigenvalue weighted by atomic mass is 16.2. The zero-order valence-corrected chi connectivity index (χ0v) is 15.0. The van der Waals surface area contributed by atoms with Crippen LogP contribution < -0.4 is 5.32 Å². The molecule has 138 valence electrons. The maximum Gasteiger partial charge on any atom is 0.317 e. The topological polar surface area (TPSA) is 66.3 Å². The lowest BCUT2D eigenvalue weighted by Gasteiger charge is -2.41. The van der Waals surface area contributed by atoms with E-state index in [2.05, 4.69) is 20.4 Å². The van der Waals surface area contributed by atoms with Gasteiger partial charge in [-0.3, -0.25) is 4.90 Å². The third-order valence-electron chi connectivity index (χ3n) is 6.36. The number of nitrogens with one attached hydrogen (secondary N) is 1. The number of urea groups is 1. The smallest absolute Gasteiger partial charge is 0.317 e. The molecule has 1 aromatic rings. The zero-order valence-electron chi connectivity index (χ0n) is 15.0. The van der Waals surface area contributed by atoms with E-state index in [1.165, 1.54) is 25.7 Å². The summed E-state index contributed by atoms with van der Waals surface area (Å²) in [5, 5.41) is 10.7. The van der Waals surface area contributed by atoms with E-state index in [1.54, 1.807) is 12.7 Å². The van der Waals surface area contributed by atoms with Gasteiger partial charge in [-0.25, -0.2) is 4.79 Å². The first-order chi connectivity index (χ1) is 12.3. The summed E-state index contributed by atoms with van der Waals surface area (Å²) in [6.07, 6.45) is 11.2. The lowest BCUT2D eigenvalue weighted by Crippen LogP contribution is -2.55. The molecule has 2 aliphatic carbocycles. The van der Waals surface area contributed by atoms with Crippen molar-refractivity contribution in [1.82, 2.24) is 29.9 Å². The standard InChI is InChI=1S/C18H30N6O/c25-18(19-5-1-2-6-22-13-20-21-14-22)24-9-7-23(8-10-24)17-12-15-3-4-16(17)11-15/h13-17H,1-12H2,(H,19,25)/t15-,16-,17-/m0/s1. The van der Waals surface area contributed by atoms with Crippen molar-refractivity contribution < 1.29 is 4.79 Å². The molecule has 0 unspecified atom stereocenters. The van der Waals surface area contributed by atoms with Gasteiger partial charge in [0.25, 0.3) is 0 Å². The first-order valence-electron chi connectivity index (χ1n) is 9.89. The summed E-state index contributed by atoms with van der Waals surface area (Å²) >= 11 is 0. The summed E-state index contributed by atoms with van der Waals surface area (Å²) in [5.74, 6) is 1.94. The van der Waals surface area contributed by atoms with E-state index in [-0.39, 0.29) is 6.03 Å². The predicted octanol–water partition coefficient (Wildman–Crippen LogP) is 1.57. The van der Waals surface area contributed by atoms with E-state index < -0.39 is 0 Å². The van der Waals surface area contributed by atoms with Crippen LogP contribution in [0.25, 0.3) is 0 Å². The van der Waals surface area contributed by atoms with Gasteiger partial charge in [-0.2, -0.15) is 0 Å². The fourth-order valence-corrected chi connectivity index (χ4v) is 4.98. The van der Waals surface area contributed by atoms with Gasteiger partial charge in [0.05, 0.1) is 0 Å². The Bertz CT molecular complexity index is 554. The molecule has 0 aromatic carbocycles. The summed E-state index contributed by atoms with van der Waals surface area (Å²) in [4.78, 5) is 17.0. The molecule has 0 spiro atoms. The number of nitrogens with zero attached hydrogens (tertiary/aromatic N) is 5. The molecule has 7 nitrogen and oxygen atoms in total. The van der Waals surface area contributed by atoms with Crippen LogP contribution in [0.4, 0.5) is 4.79 Å². The Morgan fingerprint density at radius 3 is 2.52 bits per heavy atom. The number of rotatable bonds is 6. The second-order valence-electron chi connectivity index (χ2n) is 7.90. The van der Waals surface area contributed by atoms with Crippen molar-refractivity contribution in [2.45, 2.75) is 51.1 Å². The Kier molecular flexibility index (Phi) is 5.20. The third kappa shape index (κ3) is 3.97. The molecule has 2 amide bonds. The fraction of sp³-hybridized carbons (Fsp3) is 0.833. The molecule has 7 heteroatoms. The molecule has 3 aliphatic rings. The molecule has 4 rings (SSSR count). The van der Waals surface area contributed by atoms with Crippen molar-refractivity contribution in [3.8, 4) is 0 Å². The highest BCUT2D eigenvalue weighted by molar-refractivity contribution is 5.74. The van der Waals surface area contributed by atoms with Crippen LogP contribution in [0.1, 0.15) is 38.5 Å². The number of fused-ring (bicyclic) bond motifs is 2. The van der Waals surface area contributed by atoms with E-state index in [9.17, 15) is 4.79 Å². The maximum atomic E-state index is 12.3. The van der Waals surface area contributed by atoms with Crippen LogP contribution in [0.5, 0.6) is 0 Å². The number of carbonyl (C=O) groups is 1. The highest BCUT2D eigenvalue weighted by Crippen LogP contribution is 2.46. The Morgan fingerprint density at radius 1 is 1.04 bits per heavy atom. The van der Waals surface area contributed by atoms with Gasteiger partial charge in [0.15, 0.2) is 0 Å². The fourth-order valence-electron chi connectivity index (χ4n) is 4.98. The van der Waals surface area contributed by atoms with Gasteiger partial charge in [0, 0.05) is 45.3 Å². The van der Waals surface area contributed by atoms with Crippen molar-refractivity contribution in [3.05, 3.63) is 12.7 Å². The maximum absolute atomic E-state index is 12.3. The quantitative estimate of drug-likeness (QED) is 0.794. The van der Waals surface area contributed by atoms with Crippen LogP contribution in [0.3, 0.4) is 0 Å². The number of aryl methyl sites for hydroxylation is 1. The summed E-state index contributed by atoms with van der Waals surface area (Å²) in [5.41, 5.74) is 0. The average Bonchev–Trinajstić information content (AvgIpc) is 3.39. The second kappa shape index (κ2) is 7.72. The number of aromatic nitrogens is 3. The molecule has 25 heavy (non-hydrogen) atoms. The van der Waals surface area contributed by atoms with Crippen LogP contribution in [-0.4, -0.2) is 69.4 Å². The van der Waals surface area contributed by atoms with Crippen LogP contribution in [-0.2, 0) is 6.54 Å². The van der Waals surface area contributed by atoms with Gasteiger partial charge in [-0.1, -0.05) is 6.42 Å². The van der Waals surface area contributed by atoms with Crippen molar-refractivity contribution in [3.63, 3.8) is 0 Å². The number of hydrogen-bond donors (Lipinski definition) is 1. The number of carbonyl (C=O) groups excluding carboxylic acids is 1. The lowest BCUT2D eigenvalue weighted by atomic mass is 9.93. The van der Waals surface area contributed by atoms with Gasteiger partial charge < -0.3 is 14.8 Å². The molecule has 1 aromatic heterocycles. The Morgan fingerprint density at radius 2 is 1.84 bits per heavy atom. The normalized spacial score (nSPS) is 29.3. The molecular formula is C18H30N6O. The summed E-state index contributed by atoms with van der Waals surface area (Å²) in [6, 6.07) is 0.915. The molecule has 1 N–H and O–H groups in total. The van der Waals surface area contributed by atoms with E-state index in [0.29, 0.717) is 0 Å². The van der Waals surface area contributed by atoms with Gasteiger partial charge >= 0.3 is 6.03 Å². The van der Waals surface area contributed by atoms with E-state index >= 15 is 0 Å². The minimum absolute atomic E-state index is 0.108. The van der Waals surface area contributed by atoms with Crippen molar-refractivity contribution in [2.75, 3.05) is 32.7 Å². The van der Waals surface area contributed by atoms with E-state index in [0.717, 1.165) is 70.0 Å². The van der Waals surface area contributed by atoms with Crippen molar-refractivity contribution >= 4 is 6.03 Å². The summed E-state index contributed by atoms with van der Waals surface area (Å²) in [7, 11) is 0. The van der Waals surface area contributed by atoms with Crippen molar-refractivity contribution in [2.24, 2.45) is 11.8 Å². The molecule has 2 bridgehead atoms. The summed E-state index contributed by atoms with van der Waals surface area (Å²) < 4.78 is 1.97. The van der Waals surface area contributed by atoms with E-state index in [4.69, 9.17) is 0 Å². The minimum Gasteiger partial charge on any atom is -0.338 e. The largest absolute Gasteiger partial charge is 0.338 e. The van der Waals surface area contributed by atoms with Gasteiger partial charge in [0.1, 0.15) is 12.7 Å². The van der Waals surface area contributed by atoms with Gasteiger partial charge in [0.2, 0.25) is 0 Å². The second-order valence-corrected chi connectivity index (χ2v) is 7.90. The molecule has 2 saturated carbocycles. The molecule has 1 aliphatic heterocycles. The van der Waals surface area contributed by atoms with Crippen LogP contribution in [0.15, 0.2) is 12.7 Å². The van der Waals surface area contributed by atoms with Crippen LogP contribution in [0.2, 0.25) is 0 Å². The molecule has 1 saturated heterocycles. The number of piperazine rings is 1.